The molecule has 0 fully saturated rings. The minimum Gasteiger partial charge on any atom is -0.355 e. The van der Waals surface area contributed by atoms with E-state index in [2.05, 4.69) is 84.4 Å². The smallest absolute Gasteiger partial charge is 0.223 e. The van der Waals surface area contributed by atoms with Crippen molar-refractivity contribution in [3.8, 4) is 0 Å². The lowest BCUT2D eigenvalue weighted by Gasteiger charge is -2.14. The van der Waals surface area contributed by atoms with Gasteiger partial charge in [0.15, 0.2) is 0 Å². The lowest BCUT2D eigenvalue weighted by Crippen LogP contribution is -2.32. The van der Waals surface area contributed by atoms with Crippen LogP contribution in [0.4, 0.5) is 0 Å². The maximum atomic E-state index is 12.3. The Labute approximate surface area is 177 Å². The summed E-state index contributed by atoms with van der Waals surface area (Å²) in [5.41, 5.74) is 3.38. The molecule has 4 nitrogen and oxygen atoms in total. The zero-order valence-electron chi connectivity index (χ0n) is 17.8. The van der Waals surface area contributed by atoms with Crippen molar-refractivity contribution in [2.45, 2.75) is 39.7 Å². The number of aromatic nitrogens is 2. The fraction of sp³-hybridized carbons (Fsp3) is 0.308. The molecule has 4 aromatic rings. The summed E-state index contributed by atoms with van der Waals surface area (Å²) in [5.74, 6) is 1.26. The van der Waals surface area contributed by atoms with Crippen LogP contribution in [0.3, 0.4) is 0 Å². The van der Waals surface area contributed by atoms with E-state index in [1.54, 1.807) is 0 Å². The summed E-state index contributed by atoms with van der Waals surface area (Å²) in [6, 6.07) is 23.3. The number of benzene rings is 3. The van der Waals surface area contributed by atoms with Crippen molar-refractivity contribution in [1.29, 1.82) is 0 Å². The van der Waals surface area contributed by atoms with Crippen LogP contribution >= 0.6 is 0 Å². The van der Waals surface area contributed by atoms with Crippen LogP contribution in [0, 0.1) is 5.92 Å². The van der Waals surface area contributed by atoms with Gasteiger partial charge in [0.05, 0.1) is 11.0 Å². The van der Waals surface area contributed by atoms with Gasteiger partial charge >= 0.3 is 0 Å². The first kappa shape index (κ1) is 20.1. The van der Waals surface area contributed by atoms with E-state index >= 15 is 0 Å². The second kappa shape index (κ2) is 9.12. The Bertz CT molecular complexity index is 1160. The average molecular weight is 400 g/mol. The maximum Gasteiger partial charge on any atom is 0.223 e. The highest BCUT2D eigenvalue weighted by Gasteiger charge is 2.15. The van der Waals surface area contributed by atoms with Gasteiger partial charge in [0.2, 0.25) is 5.91 Å². The molecule has 0 spiro atoms. The molecule has 0 aliphatic carbocycles. The Morgan fingerprint density at radius 2 is 1.70 bits per heavy atom. The molecule has 1 heterocycles. The fourth-order valence-corrected chi connectivity index (χ4v) is 4.11. The fourth-order valence-electron chi connectivity index (χ4n) is 4.11. The molecule has 0 aliphatic heterocycles. The molecule has 4 rings (SSSR count). The second-order valence-corrected chi connectivity index (χ2v) is 7.84. The molecule has 0 aliphatic rings. The number of nitrogens with zero attached hydrogens (tertiary/aromatic N) is 2. The van der Waals surface area contributed by atoms with Crippen molar-refractivity contribution >= 4 is 27.7 Å². The third-order valence-corrected chi connectivity index (χ3v) is 5.89. The number of amides is 1. The number of para-hydroxylation sites is 2. The minimum atomic E-state index is 0.0985. The zero-order chi connectivity index (χ0) is 20.9. The third-order valence-electron chi connectivity index (χ3n) is 5.89. The predicted octanol–water partition coefficient (Wildman–Crippen LogP) is 5.33. The Morgan fingerprint density at radius 3 is 2.50 bits per heavy atom. The van der Waals surface area contributed by atoms with E-state index in [-0.39, 0.29) is 11.8 Å². The predicted molar refractivity (Wildman–Crippen MR) is 124 cm³/mol. The van der Waals surface area contributed by atoms with Gasteiger partial charge in [0, 0.05) is 25.4 Å². The highest BCUT2D eigenvalue weighted by atomic mass is 16.1. The lowest BCUT2D eigenvalue weighted by atomic mass is 10.0. The van der Waals surface area contributed by atoms with Gasteiger partial charge in [-0.3, -0.25) is 4.79 Å². The number of hydrogen-bond donors (Lipinski definition) is 1. The standard InChI is InChI=1S/C26H29N3O/c1-3-20(4-2)26(30)27-16-15-25-28-23-11-7-8-12-24(23)29(25)18-19-13-14-21-9-5-6-10-22(21)17-19/h5-14,17,20H,3-4,15-16,18H2,1-2H3,(H,27,30). The lowest BCUT2D eigenvalue weighted by molar-refractivity contribution is -0.125. The normalized spacial score (nSPS) is 11.4. The molecular formula is C26H29N3O. The summed E-state index contributed by atoms with van der Waals surface area (Å²) in [5, 5.41) is 5.60. The van der Waals surface area contributed by atoms with Crippen molar-refractivity contribution < 1.29 is 4.79 Å². The van der Waals surface area contributed by atoms with Crippen molar-refractivity contribution in [3.05, 3.63) is 78.1 Å². The number of rotatable bonds is 8. The molecule has 154 valence electrons. The molecule has 1 amide bonds. The van der Waals surface area contributed by atoms with Gasteiger partial charge in [-0.25, -0.2) is 4.98 Å². The summed E-state index contributed by atoms with van der Waals surface area (Å²) < 4.78 is 2.28. The van der Waals surface area contributed by atoms with Gasteiger partial charge in [-0.2, -0.15) is 0 Å². The summed E-state index contributed by atoms with van der Waals surface area (Å²) in [6.45, 7) is 5.50. The van der Waals surface area contributed by atoms with Gasteiger partial charge in [0.1, 0.15) is 5.82 Å². The highest BCUT2D eigenvalue weighted by molar-refractivity contribution is 5.83. The van der Waals surface area contributed by atoms with Crippen molar-refractivity contribution in [1.82, 2.24) is 14.9 Å². The monoisotopic (exact) mass is 399 g/mol. The summed E-state index contributed by atoms with van der Waals surface area (Å²) in [7, 11) is 0. The molecular weight excluding hydrogens is 370 g/mol. The summed E-state index contributed by atoms with van der Waals surface area (Å²) >= 11 is 0. The minimum absolute atomic E-state index is 0.0985. The number of hydrogen-bond acceptors (Lipinski definition) is 2. The third kappa shape index (κ3) is 4.23. The van der Waals surface area contributed by atoms with E-state index in [4.69, 9.17) is 4.98 Å². The Morgan fingerprint density at radius 1 is 0.967 bits per heavy atom. The Kier molecular flexibility index (Phi) is 6.12. The quantitative estimate of drug-likeness (QED) is 0.435. The van der Waals surface area contributed by atoms with E-state index < -0.39 is 0 Å². The van der Waals surface area contributed by atoms with Crippen molar-refractivity contribution in [2.75, 3.05) is 6.54 Å². The van der Waals surface area contributed by atoms with Crippen LogP contribution in [-0.2, 0) is 17.8 Å². The number of carbonyl (C=O) groups is 1. The molecule has 1 N–H and O–H groups in total. The molecule has 3 aromatic carbocycles. The van der Waals surface area contributed by atoms with Crippen molar-refractivity contribution in [3.63, 3.8) is 0 Å². The number of nitrogens with one attached hydrogen (secondary N) is 1. The van der Waals surface area contributed by atoms with Gasteiger partial charge in [-0.1, -0.05) is 62.4 Å². The Hall–Kier alpha value is -3.14. The molecule has 0 unspecified atom stereocenters. The van der Waals surface area contributed by atoms with Crippen LogP contribution in [0.15, 0.2) is 66.7 Å². The zero-order valence-corrected chi connectivity index (χ0v) is 17.8. The van der Waals surface area contributed by atoms with Crippen LogP contribution in [0.1, 0.15) is 38.1 Å². The van der Waals surface area contributed by atoms with Gasteiger partial charge in [-0.05, 0) is 47.4 Å². The topological polar surface area (TPSA) is 46.9 Å². The second-order valence-electron chi connectivity index (χ2n) is 7.84. The van der Waals surface area contributed by atoms with Gasteiger partial charge < -0.3 is 9.88 Å². The molecule has 0 bridgehead atoms. The SMILES string of the molecule is CCC(CC)C(=O)NCCc1nc2ccccc2n1Cc1ccc2ccccc2c1. The first-order chi connectivity index (χ1) is 14.7. The largest absolute Gasteiger partial charge is 0.355 e. The van der Waals surface area contributed by atoms with E-state index in [0.717, 1.165) is 36.2 Å². The summed E-state index contributed by atoms with van der Waals surface area (Å²) in [6.07, 6.45) is 2.47. The average Bonchev–Trinajstić information content (AvgIpc) is 3.12. The summed E-state index contributed by atoms with van der Waals surface area (Å²) in [4.78, 5) is 17.2. The van der Waals surface area contributed by atoms with E-state index in [1.165, 1.54) is 16.3 Å². The van der Waals surface area contributed by atoms with Crippen molar-refractivity contribution in [2.24, 2.45) is 5.92 Å². The van der Waals surface area contributed by atoms with Crippen LogP contribution in [-0.4, -0.2) is 22.0 Å². The van der Waals surface area contributed by atoms with Crippen LogP contribution < -0.4 is 5.32 Å². The maximum absolute atomic E-state index is 12.3. The van der Waals surface area contributed by atoms with Crippen LogP contribution in [0.2, 0.25) is 0 Å². The number of carbonyl (C=O) groups excluding carboxylic acids is 1. The Balaban J connectivity index is 1.57. The highest BCUT2D eigenvalue weighted by Crippen LogP contribution is 2.21. The first-order valence-electron chi connectivity index (χ1n) is 10.9. The van der Waals surface area contributed by atoms with E-state index in [0.29, 0.717) is 13.0 Å². The van der Waals surface area contributed by atoms with Crippen LogP contribution in [0.25, 0.3) is 21.8 Å². The van der Waals surface area contributed by atoms with Gasteiger partial charge in [0.25, 0.3) is 0 Å². The molecule has 4 heteroatoms. The number of fused-ring (bicyclic) bond motifs is 2. The van der Waals surface area contributed by atoms with E-state index in [1.807, 2.05) is 6.07 Å². The molecule has 1 aromatic heterocycles. The van der Waals surface area contributed by atoms with Gasteiger partial charge in [-0.15, -0.1) is 0 Å². The molecule has 30 heavy (non-hydrogen) atoms. The van der Waals surface area contributed by atoms with E-state index in [9.17, 15) is 4.79 Å². The first-order valence-corrected chi connectivity index (χ1v) is 10.9. The number of imidazole rings is 1. The molecule has 0 radical (unpaired) electrons. The molecule has 0 atom stereocenters. The van der Waals surface area contributed by atoms with Crippen LogP contribution in [0.5, 0.6) is 0 Å². The molecule has 0 saturated carbocycles. The molecule has 0 saturated heterocycles.